The van der Waals surface area contributed by atoms with E-state index in [-0.39, 0.29) is 6.03 Å². The van der Waals surface area contributed by atoms with Crippen LogP contribution in [0.25, 0.3) is 10.9 Å². The van der Waals surface area contributed by atoms with Crippen LogP contribution in [0.3, 0.4) is 0 Å². The molecule has 0 radical (unpaired) electrons. The summed E-state index contributed by atoms with van der Waals surface area (Å²) in [5.41, 5.74) is 7.79. The fourth-order valence-corrected chi connectivity index (χ4v) is 6.84. The average molecular weight is 673 g/mol. The summed E-state index contributed by atoms with van der Waals surface area (Å²) in [7, 11) is 1.78. The second-order valence-corrected chi connectivity index (χ2v) is 12.7. The van der Waals surface area contributed by atoms with E-state index < -0.39 is 5.54 Å². The highest BCUT2D eigenvalue weighted by molar-refractivity contribution is 7.07. The summed E-state index contributed by atoms with van der Waals surface area (Å²) in [6, 6.07) is 36.7. The standard InChI is InChI=1S/C38H33ClN6O2S/c1-44(37(46)40-21-32-17-28-18-34(39)36(19-35(28)43-32)47-24-33-25-48-26-41-33)22-27-20-42-45(23-27)38(29-11-5-2-6-12-29,30-13-7-3-8-14-30)31-15-9-4-10-16-31/h2-20,23,25-26,43H,21-22,24H2,1H3,(H,40,46). The molecule has 10 heteroatoms. The van der Waals surface area contributed by atoms with Crippen molar-refractivity contribution in [1.29, 1.82) is 0 Å². The molecule has 0 aliphatic rings. The van der Waals surface area contributed by atoms with Gasteiger partial charge in [-0.3, -0.25) is 4.68 Å². The summed E-state index contributed by atoms with van der Waals surface area (Å²) in [5, 5.41) is 11.3. The number of carbonyl (C=O) groups is 1. The van der Waals surface area contributed by atoms with Crippen LogP contribution in [0.2, 0.25) is 5.02 Å². The molecule has 0 saturated heterocycles. The average Bonchev–Trinajstić information content (AvgIpc) is 3.90. The first-order valence-corrected chi connectivity index (χ1v) is 16.8. The highest BCUT2D eigenvalue weighted by Crippen LogP contribution is 2.40. The van der Waals surface area contributed by atoms with Crippen molar-refractivity contribution in [2.45, 2.75) is 25.2 Å². The molecule has 2 amide bonds. The van der Waals surface area contributed by atoms with E-state index in [4.69, 9.17) is 21.4 Å². The lowest BCUT2D eigenvalue weighted by Gasteiger charge is -2.36. The summed E-state index contributed by atoms with van der Waals surface area (Å²) in [5.74, 6) is 0.575. The number of carbonyl (C=O) groups excluding carboxylic acids is 1. The number of hydrogen-bond donors (Lipinski definition) is 2. The van der Waals surface area contributed by atoms with E-state index in [2.05, 4.69) is 88.1 Å². The number of nitrogens with one attached hydrogen (secondary N) is 2. The third-order valence-corrected chi connectivity index (χ3v) is 9.27. The van der Waals surface area contributed by atoms with E-state index in [1.807, 2.05) is 58.9 Å². The molecule has 0 aliphatic carbocycles. The van der Waals surface area contributed by atoms with Crippen LogP contribution in [0.4, 0.5) is 4.79 Å². The van der Waals surface area contributed by atoms with E-state index in [0.717, 1.165) is 44.5 Å². The zero-order chi connectivity index (χ0) is 32.9. The Morgan fingerprint density at radius 3 is 2.21 bits per heavy atom. The van der Waals surface area contributed by atoms with E-state index >= 15 is 0 Å². The molecular weight excluding hydrogens is 640 g/mol. The lowest BCUT2D eigenvalue weighted by molar-refractivity contribution is 0.206. The number of benzene rings is 4. The quantitative estimate of drug-likeness (QED) is 0.136. The fourth-order valence-electron chi connectivity index (χ4n) is 6.07. The van der Waals surface area contributed by atoms with Gasteiger partial charge >= 0.3 is 6.03 Å². The van der Waals surface area contributed by atoms with Crippen molar-refractivity contribution in [3.05, 3.63) is 171 Å². The number of hydrogen-bond acceptors (Lipinski definition) is 5. The second kappa shape index (κ2) is 13.8. The predicted octanol–water partition coefficient (Wildman–Crippen LogP) is 8.24. The van der Waals surface area contributed by atoms with Crippen LogP contribution in [0.5, 0.6) is 5.75 Å². The number of amides is 2. The van der Waals surface area contributed by atoms with Crippen LogP contribution in [-0.4, -0.2) is 37.7 Å². The molecular formula is C38H33ClN6O2S. The van der Waals surface area contributed by atoms with Gasteiger partial charge in [-0.05, 0) is 28.8 Å². The molecule has 7 aromatic rings. The molecule has 0 unspecified atom stereocenters. The number of H-pyrrole nitrogens is 1. The van der Waals surface area contributed by atoms with Gasteiger partial charge in [-0.1, -0.05) is 103 Å². The highest BCUT2D eigenvalue weighted by atomic mass is 35.5. The zero-order valence-corrected chi connectivity index (χ0v) is 27.8. The van der Waals surface area contributed by atoms with Crippen molar-refractivity contribution in [2.24, 2.45) is 0 Å². The molecule has 0 saturated carbocycles. The summed E-state index contributed by atoms with van der Waals surface area (Å²) in [4.78, 5) is 22.5. The zero-order valence-electron chi connectivity index (χ0n) is 26.2. The number of ether oxygens (including phenoxy) is 1. The molecule has 240 valence electrons. The normalized spacial score (nSPS) is 11.5. The molecule has 0 spiro atoms. The Bertz CT molecular complexity index is 2020. The smallest absolute Gasteiger partial charge is 0.317 e. The molecule has 48 heavy (non-hydrogen) atoms. The SMILES string of the molecule is CN(Cc1cnn(C(c2ccccc2)(c2ccccc2)c2ccccc2)c1)C(=O)NCc1cc2cc(Cl)c(OCc3cscn3)cc2[nH]1. The Balaban J connectivity index is 1.07. The number of thiazole rings is 1. The third kappa shape index (κ3) is 6.30. The number of fused-ring (bicyclic) bond motifs is 1. The number of halogens is 1. The van der Waals surface area contributed by atoms with Crippen molar-refractivity contribution in [3.63, 3.8) is 0 Å². The van der Waals surface area contributed by atoms with E-state index in [1.165, 1.54) is 11.3 Å². The molecule has 3 aromatic heterocycles. The van der Waals surface area contributed by atoms with Gasteiger partial charge in [0.2, 0.25) is 0 Å². The lowest BCUT2D eigenvalue weighted by atomic mass is 9.77. The van der Waals surface area contributed by atoms with Crippen LogP contribution in [0, 0.1) is 0 Å². The lowest BCUT2D eigenvalue weighted by Crippen LogP contribution is -2.38. The predicted molar refractivity (Wildman–Crippen MR) is 190 cm³/mol. The highest BCUT2D eigenvalue weighted by Gasteiger charge is 2.39. The van der Waals surface area contributed by atoms with Gasteiger partial charge in [0.15, 0.2) is 0 Å². The molecule has 0 fully saturated rings. The first-order valence-electron chi connectivity index (χ1n) is 15.5. The Morgan fingerprint density at radius 1 is 0.958 bits per heavy atom. The van der Waals surface area contributed by atoms with Crippen LogP contribution in [0.1, 0.15) is 33.6 Å². The fraction of sp³-hybridized carbons (Fsp3) is 0.132. The van der Waals surface area contributed by atoms with Gasteiger partial charge in [0.05, 0.1) is 35.5 Å². The number of nitrogens with zero attached hydrogens (tertiary/aromatic N) is 4. The van der Waals surface area contributed by atoms with E-state index in [0.29, 0.717) is 30.5 Å². The summed E-state index contributed by atoms with van der Waals surface area (Å²) in [6.07, 6.45) is 3.87. The van der Waals surface area contributed by atoms with Gasteiger partial charge < -0.3 is 19.9 Å². The van der Waals surface area contributed by atoms with Gasteiger partial charge in [-0.25, -0.2) is 9.78 Å². The maximum atomic E-state index is 13.2. The molecule has 0 atom stereocenters. The summed E-state index contributed by atoms with van der Waals surface area (Å²) >= 11 is 8.01. The van der Waals surface area contributed by atoms with Gasteiger partial charge in [0.1, 0.15) is 17.9 Å². The first-order chi connectivity index (χ1) is 23.5. The van der Waals surface area contributed by atoms with Crippen LogP contribution >= 0.6 is 22.9 Å². The topological polar surface area (TPSA) is 88.1 Å². The van der Waals surface area contributed by atoms with E-state index in [1.54, 1.807) is 17.5 Å². The minimum Gasteiger partial charge on any atom is -0.486 e. The molecule has 0 bridgehead atoms. The molecule has 4 aromatic carbocycles. The van der Waals surface area contributed by atoms with Crippen molar-refractivity contribution in [1.82, 2.24) is 30.0 Å². The van der Waals surface area contributed by atoms with Gasteiger partial charge in [-0.15, -0.1) is 11.3 Å². The minimum absolute atomic E-state index is 0.202. The Kier molecular flexibility index (Phi) is 8.96. The van der Waals surface area contributed by atoms with Crippen molar-refractivity contribution < 1.29 is 9.53 Å². The Labute approximate surface area is 287 Å². The maximum Gasteiger partial charge on any atom is 0.317 e. The Morgan fingerprint density at radius 2 is 1.60 bits per heavy atom. The number of aromatic amines is 1. The largest absolute Gasteiger partial charge is 0.486 e. The van der Waals surface area contributed by atoms with Crippen LogP contribution in [0.15, 0.2) is 132 Å². The first kappa shape index (κ1) is 31.2. The second-order valence-electron chi connectivity index (χ2n) is 11.5. The van der Waals surface area contributed by atoms with Crippen LogP contribution in [-0.2, 0) is 25.2 Å². The van der Waals surface area contributed by atoms with Crippen molar-refractivity contribution in [3.8, 4) is 5.75 Å². The summed E-state index contributed by atoms with van der Waals surface area (Å²) in [6.45, 7) is 1.04. The maximum absolute atomic E-state index is 13.2. The Hall–Kier alpha value is -5.38. The van der Waals surface area contributed by atoms with Crippen molar-refractivity contribution >= 4 is 39.9 Å². The van der Waals surface area contributed by atoms with Crippen LogP contribution < -0.4 is 10.1 Å². The summed E-state index contributed by atoms with van der Waals surface area (Å²) < 4.78 is 7.90. The molecule has 7 rings (SSSR count). The van der Waals surface area contributed by atoms with Gasteiger partial charge in [-0.2, -0.15) is 5.10 Å². The monoisotopic (exact) mass is 672 g/mol. The minimum atomic E-state index is -0.715. The third-order valence-electron chi connectivity index (χ3n) is 8.34. The number of aromatic nitrogens is 4. The number of rotatable bonds is 11. The van der Waals surface area contributed by atoms with Gasteiger partial charge in [0, 0.05) is 46.9 Å². The molecule has 2 N–H and O–H groups in total. The molecule has 0 aliphatic heterocycles. The number of urea groups is 1. The molecule has 8 nitrogen and oxygen atoms in total. The molecule has 3 heterocycles. The van der Waals surface area contributed by atoms with Gasteiger partial charge in [0.25, 0.3) is 0 Å². The van der Waals surface area contributed by atoms with Crippen molar-refractivity contribution in [2.75, 3.05) is 7.05 Å². The van der Waals surface area contributed by atoms with E-state index in [9.17, 15) is 4.79 Å².